The van der Waals surface area contributed by atoms with Crippen LogP contribution in [0.2, 0.25) is 0 Å². The molecule has 74 valence electrons. The molecule has 0 fully saturated rings. The molecule has 0 aromatic carbocycles. The summed E-state index contributed by atoms with van der Waals surface area (Å²) in [5.74, 6) is 0.682. The first kappa shape index (κ1) is 11.9. The molecule has 2 N–H and O–H groups in total. The molecule has 0 aliphatic carbocycles. The molecule has 12 heavy (non-hydrogen) atoms. The molecule has 0 aromatic heterocycles. The van der Waals surface area contributed by atoms with Crippen molar-refractivity contribution in [3.63, 3.8) is 0 Å². The Balaban J connectivity index is 3.47. The fraction of sp³-hybridized carbons (Fsp3) is 1.00. The molecule has 0 saturated heterocycles. The maximum atomic E-state index is 8.63. The number of rotatable bonds is 6. The van der Waals surface area contributed by atoms with Gasteiger partial charge in [0, 0.05) is 18.7 Å². The van der Waals surface area contributed by atoms with Crippen molar-refractivity contribution < 1.29 is 5.11 Å². The first-order valence-electron chi connectivity index (χ1n) is 4.94. The molecule has 0 saturated carbocycles. The third kappa shape index (κ3) is 5.56. The van der Waals surface area contributed by atoms with Crippen molar-refractivity contribution in [3.8, 4) is 0 Å². The van der Waals surface area contributed by atoms with Crippen LogP contribution >= 0.6 is 0 Å². The lowest BCUT2D eigenvalue weighted by molar-refractivity contribution is 0.270. The van der Waals surface area contributed by atoms with Crippen LogP contribution in [0.4, 0.5) is 0 Å². The highest BCUT2D eigenvalue weighted by atomic mass is 16.2. The number of aliphatic hydroxyl groups is 1. The zero-order valence-electron chi connectivity index (χ0n) is 8.80. The van der Waals surface area contributed by atoms with Crippen LogP contribution in [-0.2, 0) is 0 Å². The van der Waals surface area contributed by atoms with E-state index in [2.05, 4.69) is 33.0 Å². The highest BCUT2D eigenvalue weighted by Crippen LogP contribution is 2.03. The van der Waals surface area contributed by atoms with Crippen LogP contribution in [0.3, 0.4) is 0 Å². The standard InChI is InChI=1S/C10H23NO/c1-8(2)10(4)11-9(3)6-5-7-12/h8-12H,5-7H2,1-4H3/t9-,10+/m1/s1. The molecule has 0 bridgehead atoms. The minimum atomic E-state index is 0.308. The van der Waals surface area contributed by atoms with Crippen LogP contribution in [0.15, 0.2) is 0 Å². The normalized spacial score (nSPS) is 16.5. The van der Waals surface area contributed by atoms with Crippen molar-refractivity contribution in [2.45, 2.75) is 52.6 Å². The number of aliphatic hydroxyl groups excluding tert-OH is 1. The highest BCUT2D eigenvalue weighted by Gasteiger charge is 2.09. The van der Waals surface area contributed by atoms with Crippen molar-refractivity contribution in [2.24, 2.45) is 5.92 Å². The fourth-order valence-corrected chi connectivity index (χ4v) is 1.12. The van der Waals surface area contributed by atoms with E-state index >= 15 is 0 Å². The van der Waals surface area contributed by atoms with E-state index in [9.17, 15) is 0 Å². The van der Waals surface area contributed by atoms with Crippen molar-refractivity contribution in [2.75, 3.05) is 6.61 Å². The van der Waals surface area contributed by atoms with Gasteiger partial charge in [0.25, 0.3) is 0 Å². The Hall–Kier alpha value is -0.0800. The lowest BCUT2D eigenvalue weighted by Gasteiger charge is -2.22. The van der Waals surface area contributed by atoms with E-state index < -0.39 is 0 Å². The van der Waals surface area contributed by atoms with Gasteiger partial charge in [0.05, 0.1) is 0 Å². The summed E-state index contributed by atoms with van der Waals surface area (Å²) in [4.78, 5) is 0. The summed E-state index contributed by atoms with van der Waals surface area (Å²) in [5, 5.41) is 12.1. The Kier molecular flexibility index (Phi) is 6.39. The lowest BCUT2D eigenvalue weighted by Crippen LogP contribution is -2.37. The molecule has 2 heteroatoms. The van der Waals surface area contributed by atoms with Gasteiger partial charge < -0.3 is 10.4 Å². The van der Waals surface area contributed by atoms with Gasteiger partial charge in [-0.2, -0.15) is 0 Å². The molecule has 0 spiro atoms. The van der Waals surface area contributed by atoms with Crippen molar-refractivity contribution in [3.05, 3.63) is 0 Å². The molecular weight excluding hydrogens is 150 g/mol. The van der Waals surface area contributed by atoms with Crippen LogP contribution in [0.1, 0.15) is 40.5 Å². The largest absolute Gasteiger partial charge is 0.396 e. The summed E-state index contributed by atoms with van der Waals surface area (Å²) in [6.45, 7) is 9.13. The van der Waals surface area contributed by atoms with E-state index in [1.54, 1.807) is 0 Å². The Morgan fingerprint density at radius 1 is 1.17 bits per heavy atom. The van der Waals surface area contributed by atoms with Crippen LogP contribution in [-0.4, -0.2) is 23.8 Å². The van der Waals surface area contributed by atoms with Crippen molar-refractivity contribution >= 4 is 0 Å². The maximum absolute atomic E-state index is 8.63. The summed E-state index contributed by atoms with van der Waals surface area (Å²) in [6, 6.07) is 1.09. The Morgan fingerprint density at radius 2 is 1.75 bits per heavy atom. The highest BCUT2D eigenvalue weighted by molar-refractivity contribution is 4.69. The third-order valence-electron chi connectivity index (χ3n) is 2.34. The zero-order valence-corrected chi connectivity index (χ0v) is 8.80. The second-order valence-corrected chi connectivity index (χ2v) is 3.97. The number of hydrogen-bond acceptors (Lipinski definition) is 2. The predicted molar refractivity (Wildman–Crippen MR) is 53.2 cm³/mol. The molecule has 0 amide bonds. The topological polar surface area (TPSA) is 32.3 Å². The Labute approximate surface area is 76.4 Å². The summed E-state index contributed by atoms with van der Waals surface area (Å²) < 4.78 is 0. The molecule has 0 unspecified atom stereocenters. The number of nitrogens with one attached hydrogen (secondary N) is 1. The van der Waals surface area contributed by atoms with Crippen LogP contribution < -0.4 is 5.32 Å². The maximum Gasteiger partial charge on any atom is 0.0431 e. The van der Waals surface area contributed by atoms with Gasteiger partial charge in [-0.25, -0.2) is 0 Å². The van der Waals surface area contributed by atoms with E-state index in [1.165, 1.54) is 0 Å². The lowest BCUT2D eigenvalue weighted by atomic mass is 10.0. The molecule has 2 nitrogen and oxygen atoms in total. The number of hydrogen-bond donors (Lipinski definition) is 2. The van der Waals surface area contributed by atoms with Crippen LogP contribution in [0.5, 0.6) is 0 Å². The van der Waals surface area contributed by atoms with E-state index in [-0.39, 0.29) is 0 Å². The molecule has 2 atom stereocenters. The van der Waals surface area contributed by atoms with Gasteiger partial charge in [-0.15, -0.1) is 0 Å². The van der Waals surface area contributed by atoms with Gasteiger partial charge >= 0.3 is 0 Å². The minimum Gasteiger partial charge on any atom is -0.396 e. The molecule has 0 heterocycles. The summed E-state index contributed by atoms with van der Waals surface area (Å²) in [5.41, 5.74) is 0. The Bertz CT molecular complexity index is 104. The van der Waals surface area contributed by atoms with Crippen molar-refractivity contribution in [1.82, 2.24) is 5.32 Å². The second kappa shape index (κ2) is 6.44. The third-order valence-corrected chi connectivity index (χ3v) is 2.34. The van der Waals surface area contributed by atoms with E-state index in [0.717, 1.165) is 12.8 Å². The van der Waals surface area contributed by atoms with Crippen molar-refractivity contribution in [1.29, 1.82) is 0 Å². The first-order chi connectivity index (χ1) is 5.57. The van der Waals surface area contributed by atoms with Gasteiger partial charge in [0.15, 0.2) is 0 Å². The second-order valence-electron chi connectivity index (χ2n) is 3.97. The smallest absolute Gasteiger partial charge is 0.0431 e. The van der Waals surface area contributed by atoms with Crippen LogP contribution in [0.25, 0.3) is 0 Å². The van der Waals surface area contributed by atoms with E-state index in [4.69, 9.17) is 5.11 Å². The van der Waals surface area contributed by atoms with Gasteiger partial charge in [-0.05, 0) is 32.6 Å². The SMILES string of the molecule is CC(C)[C@H](C)N[C@H](C)CCCO. The van der Waals surface area contributed by atoms with Gasteiger partial charge in [0.2, 0.25) is 0 Å². The fourth-order valence-electron chi connectivity index (χ4n) is 1.12. The zero-order chi connectivity index (χ0) is 9.56. The molecule has 0 rings (SSSR count). The van der Waals surface area contributed by atoms with Crippen LogP contribution in [0, 0.1) is 5.92 Å². The molecule has 0 aliphatic rings. The average molecular weight is 173 g/mol. The summed E-state index contributed by atoms with van der Waals surface area (Å²) in [6.07, 6.45) is 1.96. The molecular formula is C10H23NO. The molecule has 0 aliphatic heterocycles. The summed E-state index contributed by atoms with van der Waals surface area (Å²) >= 11 is 0. The molecule has 0 aromatic rings. The van der Waals surface area contributed by atoms with E-state index in [0.29, 0.717) is 24.6 Å². The first-order valence-corrected chi connectivity index (χ1v) is 4.94. The monoisotopic (exact) mass is 173 g/mol. The minimum absolute atomic E-state index is 0.308. The molecule has 0 radical (unpaired) electrons. The predicted octanol–water partition coefficient (Wildman–Crippen LogP) is 1.78. The summed E-state index contributed by atoms with van der Waals surface area (Å²) in [7, 11) is 0. The average Bonchev–Trinajstić information content (AvgIpc) is 2.00. The Morgan fingerprint density at radius 3 is 2.17 bits per heavy atom. The van der Waals surface area contributed by atoms with Gasteiger partial charge in [-0.1, -0.05) is 13.8 Å². The van der Waals surface area contributed by atoms with Gasteiger partial charge in [0.1, 0.15) is 0 Å². The van der Waals surface area contributed by atoms with Gasteiger partial charge in [-0.3, -0.25) is 0 Å². The quantitative estimate of drug-likeness (QED) is 0.641. The van der Waals surface area contributed by atoms with E-state index in [1.807, 2.05) is 0 Å².